The van der Waals surface area contributed by atoms with Crippen molar-refractivity contribution in [3.63, 3.8) is 0 Å². The normalized spacial score (nSPS) is 17.4. The number of nitrogens with one attached hydrogen (secondary N) is 2. The van der Waals surface area contributed by atoms with Crippen LogP contribution < -0.4 is 10.9 Å². The summed E-state index contributed by atoms with van der Waals surface area (Å²) in [5, 5.41) is 1.54. The van der Waals surface area contributed by atoms with Crippen LogP contribution in [0.25, 0.3) is 0 Å². The van der Waals surface area contributed by atoms with Gasteiger partial charge in [-0.3, -0.25) is 20.5 Å². The molecule has 0 radical (unpaired) electrons. The smallest absolute Gasteiger partial charge is 0.376 e. The minimum Gasteiger partial charge on any atom is -0.457 e. The van der Waals surface area contributed by atoms with Crippen molar-refractivity contribution < 1.29 is 19.2 Å². The van der Waals surface area contributed by atoms with Gasteiger partial charge in [0.25, 0.3) is 5.91 Å². The van der Waals surface area contributed by atoms with Gasteiger partial charge in [0.15, 0.2) is 0 Å². The number of ether oxygens (including phenoxy) is 1. The van der Waals surface area contributed by atoms with Crippen LogP contribution in [-0.4, -0.2) is 40.2 Å². The largest absolute Gasteiger partial charge is 0.457 e. The third-order valence-electron chi connectivity index (χ3n) is 3.04. The molecule has 0 fully saturated rings. The second kappa shape index (κ2) is 8.81. The minimum absolute atomic E-state index is 0.0224. The van der Waals surface area contributed by atoms with Gasteiger partial charge in [-0.2, -0.15) is 4.41 Å². The first-order chi connectivity index (χ1) is 11.5. The number of hydrogen-bond donors (Lipinski definition) is 2. The zero-order valence-corrected chi connectivity index (χ0v) is 14.9. The lowest BCUT2D eigenvalue weighted by molar-refractivity contribution is 0.0890. The topological polar surface area (TPSA) is 79.9 Å². The van der Waals surface area contributed by atoms with E-state index in [1.807, 2.05) is 25.3 Å². The Kier molecular flexibility index (Phi) is 6.77. The summed E-state index contributed by atoms with van der Waals surface area (Å²) >= 11 is 0. The molecule has 1 aromatic rings. The molecule has 1 aromatic carbocycles. The number of nitrogens with zero attached hydrogens (tertiary/aromatic N) is 1. The maximum atomic E-state index is 12.4. The predicted molar refractivity (Wildman–Crippen MR) is 95.8 cm³/mol. The van der Waals surface area contributed by atoms with Gasteiger partial charge in [0.1, 0.15) is 0 Å². The number of rotatable bonds is 6. The second-order valence-corrected chi connectivity index (χ2v) is 7.08. The van der Waals surface area contributed by atoms with E-state index in [2.05, 4.69) is 10.9 Å². The monoisotopic (exact) mass is 353 g/mol. The van der Waals surface area contributed by atoms with Crippen molar-refractivity contribution in [1.29, 1.82) is 0 Å². The SMILES string of the molecule is CCOC(=O)S1=CCCN1NC(=O)c1cccc(NOC(C)C)c1. The zero-order valence-electron chi connectivity index (χ0n) is 14.1. The van der Waals surface area contributed by atoms with Gasteiger partial charge >= 0.3 is 5.30 Å². The summed E-state index contributed by atoms with van der Waals surface area (Å²) in [7, 11) is -0.844. The van der Waals surface area contributed by atoms with Crippen LogP contribution in [0.15, 0.2) is 24.3 Å². The van der Waals surface area contributed by atoms with Crippen molar-refractivity contribution in [2.45, 2.75) is 33.3 Å². The van der Waals surface area contributed by atoms with E-state index in [-0.39, 0.29) is 17.3 Å². The molecule has 1 heterocycles. The third-order valence-corrected chi connectivity index (χ3v) is 4.80. The fourth-order valence-electron chi connectivity index (χ4n) is 2.00. The van der Waals surface area contributed by atoms with E-state index in [1.54, 1.807) is 29.5 Å². The van der Waals surface area contributed by atoms with Gasteiger partial charge in [0.05, 0.1) is 18.4 Å². The molecule has 132 valence electrons. The molecule has 2 N–H and O–H groups in total. The molecule has 0 saturated heterocycles. The van der Waals surface area contributed by atoms with Crippen LogP contribution in [0.4, 0.5) is 10.5 Å². The van der Waals surface area contributed by atoms with E-state index < -0.39 is 10.7 Å². The molecule has 0 saturated carbocycles. The Labute approximate surface area is 144 Å². The summed E-state index contributed by atoms with van der Waals surface area (Å²) in [5.41, 5.74) is 6.75. The average Bonchev–Trinajstić information content (AvgIpc) is 3.01. The lowest BCUT2D eigenvalue weighted by atomic mass is 10.2. The molecular formula is C16H23N3O4S. The summed E-state index contributed by atoms with van der Waals surface area (Å²) in [6, 6.07) is 6.98. The summed E-state index contributed by atoms with van der Waals surface area (Å²) in [6.07, 6.45) is 0.751. The van der Waals surface area contributed by atoms with E-state index >= 15 is 0 Å². The Hall–Kier alpha value is -1.90. The molecule has 0 spiro atoms. The minimum atomic E-state index is -0.844. The van der Waals surface area contributed by atoms with Gasteiger partial charge in [0, 0.05) is 22.8 Å². The van der Waals surface area contributed by atoms with Crippen molar-refractivity contribution in [2.75, 3.05) is 18.6 Å². The lowest BCUT2D eigenvalue weighted by Gasteiger charge is -2.20. The second-order valence-electron chi connectivity index (χ2n) is 5.35. The van der Waals surface area contributed by atoms with Crippen LogP contribution in [0.2, 0.25) is 0 Å². The van der Waals surface area contributed by atoms with Gasteiger partial charge in [-0.05, 0) is 50.8 Å². The molecular weight excluding hydrogens is 330 g/mol. The lowest BCUT2D eigenvalue weighted by Crippen LogP contribution is -2.38. The van der Waals surface area contributed by atoms with E-state index in [1.165, 1.54) is 0 Å². The molecule has 7 nitrogen and oxygen atoms in total. The Bertz CT molecular complexity index is 634. The van der Waals surface area contributed by atoms with Gasteiger partial charge in [0.2, 0.25) is 0 Å². The van der Waals surface area contributed by atoms with Gasteiger partial charge in [-0.25, -0.2) is 4.79 Å². The zero-order chi connectivity index (χ0) is 17.5. The molecule has 0 aliphatic carbocycles. The van der Waals surface area contributed by atoms with Crippen molar-refractivity contribution in [3.05, 3.63) is 29.8 Å². The van der Waals surface area contributed by atoms with Gasteiger partial charge < -0.3 is 4.74 Å². The first-order valence-corrected chi connectivity index (χ1v) is 9.09. The van der Waals surface area contributed by atoms with Crippen LogP contribution in [0.3, 0.4) is 0 Å². The van der Waals surface area contributed by atoms with E-state index in [0.29, 0.717) is 24.4 Å². The highest BCUT2D eigenvalue weighted by Crippen LogP contribution is 2.26. The highest BCUT2D eigenvalue weighted by molar-refractivity contribution is 8.25. The Balaban J connectivity index is 2.00. The molecule has 1 unspecified atom stereocenters. The summed E-state index contributed by atoms with van der Waals surface area (Å²) in [4.78, 5) is 29.7. The Morgan fingerprint density at radius 2 is 2.17 bits per heavy atom. The molecule has 0 bridgehead atoms. The van der Waals surface area contributed by atoms with Crippen LogP contribution in [0.1, 0.15) is 37.6 Å². The van der Waals surface area contributed by atoms with Crippen LogP contribution in [-0.2, 0) is 9.57 Å². The van der Waals surface area contributed by atoms with Crippen molar-refractivity contribution in [3.8, 4) is 0 Å². The molecule has 2 rings (SSSR count). The molecule has 1 aliphatic rings. The summed E-state index contributed by atoms with van der Waals surface area (Å²) in [5.74, 6) is -0.278. The number of benzene rings is 1. The number of hydrazine groups is 1. The first-order valence-electron chi connectivity index (χ1n) is 7.84. The molecule has 24 heavy (non-hydrogen) atoms. The Morgan fingerprint density at radius 1 is 1.38 bits per heavy atom. The molecule has 0 aromatic heterocycles. The first kappa shape index (κ1) is 18.4. The molecule has 1 atom stereocenters. The fourth-order valence-corrected chi connectivity index (χ4v) is 3.55. The Morgan fingerprint density at radius 3 is 2.88 bits per heavy atom. The highest BCUT2D eigenvalue weighted by Gasteiger charge is 2.24. The van der Waals surface area contributed by atoms with E-state index in [0.717, 1.165) is 6.42 Å². The van der Waals surface area contributed by atoms with Crippen LogP contribution in [0.5, 0.6) is 0 Å². The number of anilines is 1. The molecule has 1 amide bonds. The fraction of sp³-hybridized carbons (Fsp3) is 0.438. The number of amides is 1. The number of carbonyl (C=O) groups is 2. The molecule has 1 aliphatic heterocycles. The van der Waals surface area contributed by atoms with Crippen molar-refractivity contribution in [1.82, 2.24) is 9.84 Å². The van der Waals surface area contributed by atoms with Gasteiger partial charge in [-0.15, -0.1) is 0 Å². The van der Waals surface area contributed by atoms with Crippen LogP contribution >= 0.6 is 10.7 Å². The maximum Gasteiger partial charge on any atom is 0.376 e. The third kappa shape index (κ3) is 5.05. The van der Waals surface area contributed by atoms with Crippen molar-refractivity contribution >= 4 is 32.9 Å². The summed E-state index contributed by atoms with van der Waals surface area (Å²) < 4.78 is 6.67. The molecule has 8 heteroatoms. The quantitative estimate of drug-likeness (QED) is 0.465. The number of hydrogen-bond acceptors (Lipinski definition) is 6. The predicted octanol–water partition coefficient (Wildman–Crippen LogP) is 2.93. The van der Waals surface area contributed by atoms with E-state index in [9.17, 15) is 9.59 Å². The summed E-state index contributed by atoms with van der Waals surface area (Å²) in [6.45, 7) is 6.48. The van der Waals surface area contributed by atoms with Crippen LogP contribution in [0, 0.1) is 0 Å². The highest BCUT2D eigenvalue weighted by atomic mass is 32.2. The number of carbonyl (C=O) groups excluding carboxylic acids is 2. The van der Waals surface area contributed by atoms with E-state index in [4.69, 9.17) is 9.57 Å². The van der Waals surface area contributed by atoms with Gasteiger partial charge in [-0.1, -0.05) is 6.07 Å². The van der Waals surface area contributed by atoms with Crippen molar-refractivity contribution in [2.24, 2.45) is 0 Å². The standard InChI is InChI=1S/C16H23N3O4S/c1-4-22-16(21)24-10-6-9-19(24)17-15(20)13-7-5-8-14(11-13)18-23-12(2)3/h5,7-8,10-12,18H,4,6,9H2,1-3H3,(H,17,20). The maximum absolute atomic E-state index is 12.4. The average molecular weight is 353 g/mol.